The van der Waals surface area contributed by atoms with E-state index in [1.54, 1.807) is 12.1 Å². The molecule has 1 aromatic rings. The van der Waals surface area contributed by atoms with Gasteiger partial charge in [-0.3, -0.25) is 10.1 Å². The molecule has 0 fully saturated rings. The second-order valence-corrected chi connectivity index (χ2v) is 5.87. The number of nitrogens with one attached hydrogen (secondary N) is 2. The summed E-state index contributed by atoms with van der Waals surface area (Å²) in [5.74, 6) is 0. The molecular weight excluding hydrogens is 242 g/mol. The maximum Gasteiger partial charge on any atom is 0.273 e. The number of hydrogen-bond donors (Lipinski definition) is 2. The highest BCUT2D eigenvalue weighted by molar-refractivity contribution is 5.63. The number of non-ortho nitro benzene ring substituents is 1. The summed E-state index contributed by atoms with van der Waals surface area (Å²) < 4.78 is 0. The number of nitrogens with zero attached hydrogens (tertiary/aromatic N) is 1. The molecule has 0 amide bonds. The largest absolute Gasteiger partial charge is 0.385 e. The van der Waals surface area contributed by atoms with Crippen LogP contribution in [0.25, 0.3) is 0 Å². The zero-order chi connectivity index (χ0) is 14.5. The molecule has 0 aliphatic rings. The Labute approximate surface area is 114 Å². The van der Waals surface area contributed by atoms with Crippen molar-refractivity contribution >= 4 is 17.1 Å². The fourth-order valence-corrected chi connectivity index (χ4v) is 1.56. The second-order valence-electron chi connectivity index (χ2n) is 5.87. The molecular formula is C14H23N3O2. The molecule has 5 heteroatoms. The van der Waals surface area contributed by atoms with Crippen molar-refractivity contribution in [2.75, 3.05) is 23.7 Å². The van der Waals surface area contributed by atoms with Crippen molar-refractivity contribution in [3.8, 4) is 0 Å². The van der Waals surface area contributed by atoms with Gasteiger partial charge in [-0.1, -0.05) is 27.7 Å². The molecule has 0 radical (unpaired) electrons. The lowest BCUT2D eigenvalue weighted by molar-refractivity contribution is -0.384. The SMILES string of the molecule is CCCNc1cc(NCC(C)(C)C)cc([N+](=O)[O-])c1. The molecule has 2 N–H and O–H groups in total. The van der Waals surface area contributed by atoms with E-state index in [4.69, 9.17) is 0 Å². The average Bonchev–Trinajstić information content (AvgIpc) is 2.32. The van der Waals surface area contributed by atoms with Crippen LogP contribution in [-0.2, 0) is 0 Å². The molecule has 106 valence electrons. The van der Waals surface area contributed by atoms with Crippen molar-refractivity contribution in [3.05, 3.63) is 28.3 Å². The van der Waals surface area contributed by atoms with Crippen molar-refractivity contribution in [3.63, 3.8) is 0 Å². The zero-order valence-electron chi connectivity index (χ0n) is 12.1. The number of nitro benzene ring substituents is 1. The number of nitro groups is 1. The topological polar surface area (TPSA) is 67.2 Å². The van der Waals surface area contributed by atoms with Crippen LogP contribution in [0.5, 0.6) is 0 Å². The molecule has 0 aliphatic heterocycles. The van der Waals surface area contributed by atoms with E-state index in [9.17, 15) is 10.1 Å². The first-order chi connectivity index (χ1) is 8.81. The molecule has 0 unspecified atom stereocenters. The van der Waals surface area contributed by atoms with Crippen LogP contribution in [0.4, 0.5) is 17.1 Å². The zero-order valence-corrected chi connectivity index (χ0v) is 12.1. The fourth-order valence-electron chi connectivity index (χ4n) is 1.56. The van der Waals surface area contributed by atoms with Gasteiger partial charge in [-0.25, -0.2) is 0 Å². The lowest BCUT2D eigenvalue weighted by atomic mass is 9.97. The van der Waals surface area contributed by atoms with Gasteiger partial charge >= 0.3 is 0 Å². The summed E-state index contributed by atoms with van der Waals surface area (Å²) in [5.41, 5.74) is 1.80. The molecule has 0 aliphatic carbocycles. The molecule has 0 aromatic heterocycles. The first-order valence-corrected chi connectivity index (χ1v) is 6.59. The molecule has 0 bridgehead atoms. The van der Waals surface area contributed by atoms with Crippen molar-refractivity contribution in [2.24, 2.45) is 5.41 Å². The molecule has 0 saturated heterocycles. The van der Waals surface area contributed by atoms with E-state index >= 15 is 0 Å². The minimum absolute atomic E-state index is 0.109. The normalized spacial score (nSPS) is 11.2. The summed E-state index contributed by atoms with van der Waals surface area (Å²) >= 11 is 0. The van der Waals surface area contributed by atoms with Gasteiger partial charge in [-0.15, -0.1) is 0 Å². The second kappa shape index (κ2) is 6.41. The highest BCUT2D eigenvalue weighted by atomic mass is 16.6. The number of rotatable bonds is 6. The summed E-state index contributed by atoms with van der Waals surface area (Å²) in [6, 6.07) is 5.05. The van der Waals surface area contributed by atoms with Crippen LogP contribution in [0.3, 0.4) is 0 Å². The Balaban J connectivity index is 2.89. The molecule has 19 heavy (non-hydrogen) atoms. The monoisotopic (exact) mass is 265 g/mol. The molecule has 0 atom stereocenters. The maximum atomic E-state index is 10.9. The summed E-state index contributed by atoms with van der Waals surface area (Å²) in [6.45, 7) is 9.99. The van der Waals surface area contributed by atoms with E-state index in [-0.39, 0.29) is 16.0 Å². The molecule has 0 saturated carbocycles. The van der Waals surface area contributed by atoms with Crippen molar-refractivity contribution in [2.45, 2.75) is 34.1 Å². The lowest BCUT2D eigenvalue weighted by Gasteiger charge is -2.20. The Bertz CT molecular complexity index is 439. The third kappa shape index (κ3) is 5.59. The van der Waals surface area contributed by atoms with Crippen molar-refractivity contribution in [1.82, 2.24) is 0 Å². The number of anilines is 2. The first kappa shape index (κ1) is 15.3. The minimum atomic E-state index is -0.362. The summed E-state index contributed by atoms with van der Waals surface area (Å²) in [7, 11) is 0. The van der Waals surface area contributed by atoms with Gasteiger partial charge in [0.25, 0.3) is 5.69 Å². The molecule has 0 spiro atoms. The van der Waals surface area contributed by atoms with Crippen LogP contribution < -0.4 is 10.6 Å². The van der Waals surface area contributed by atoms with Gasteiger partial charge < -0.3 is 10.6 Å². The van der Waals surface area contributed by atoms with Gasteiger partial charge in [0.15, 0.2) is 0 Å². The van der Waals surface area contributed by atoms with E-state index in [0.717, 1.165) is 30.9 Å². The van der Waals surface area contributed by atoms with Crippen molar-refractivity contribution in [1.29, 1.82) is 0 Å². The smallest absolute Gasteiger partial charge is 0.273 e. The Morgan fingerprint density at radius 2 is 1.74 bits per heavy atom. The fraction of sp³-hybridized carbons (Fsp3) is 0.571. The average molecular weight is 265 g/mol. The Hall–Kier alpha value is -1.78. The highest BCUT2D eigenvalue weighted by Crippen LogP contribution is 2.25. The van der Waals surface area contributed by atoms with Gasteiger partial charge in [0.2, 0.25) is 0 Å². The van der Waals surface area contributed by atoms with E-state index in [1.807, 2.05) is 6.07 Å². The molecule has 5 nitrogen and oxygen atoms in total. The van der Waals surface area contributed by atoms with Gasteiger partial charge in [-0.2, -0.15) is 0 Å². The number of benzene rings is 1. The van der Waals surface area contributed by atoms with Gasteiger partial charge in [0.05, 0.1) is 4.92 Å². The van der Waals surface area contributed by atoms with E-state index in [0.29, 0.717) is 0 Å². The summed E-state index contributed by atoms with van der Waals surface area (Å²) in [6.07, 6.45) is 0.980. The molecule has 1 rings (SSSR count). The molecule has 0 heterocycles. The van der Waals surface area contributed by atoms with Crippen LogP contribution in [0.15, 0.2) is 18.2 Å². The first-order valence-electron chi connectivity index (χ1n) is 6.59. The predicted octanol–water partition coefficient (Wildman–Crippen LogP) is 3.87. The van der Waals surface area contributed by atoms with Gasteiger partial charge in [0, 0.05) is 36.6 Å². The standard InChI is InChI=1S/C14H23N3O2/c1-5-6-15-11-7-12(16-10-14(2,3)4)9-13(8-11)17(18)19/h7-9,15-16H,5-6,10H2,1-4H3. The van der Waals surface area contributed by atoms with E-state index in [2.05, 4.69) is 38.3 Å². The molecule has 1 aromatic carbocycles. The van der Waals surface area contributed by atoms with Crippen LogP contribution in [-0.4, -0.2) is 18.0 Å². The van der Waals surface area contributed by atoms with Crippen LogP contribution in [0.1, 0.15) is 34.1 Å². The van der Waals surface area contributed by atoms with Gasteiger partial charge in [0.1, 0.15) is 0 Å². The van der Waals surface area contributed by atoms with Crippen LogP contribution >= 0.6 is 0 Å². The quantitative estimate of drug-likeness (QED) is 0.605. The third-order valence-corrected chi connectivity index (χ3v) is 2.53. The van der Waals surface area contributed by atoms with Crippen LogP contribution in [0.2, 0.25) is 0 Å². The van der Waals surface area contributed by atoms with E-state index < -0.39 is 0 Å². The maximum absolute atomic E-state index is 10.9. The third-order valence-electron chi connectivity index (χ3n) is 2.53. The lowest BCUT2D eigenvalue weighted by Crippen LogP contribution is -2.19. The van der Waals surface area contributed by atoms with E-state index in [1.165, 1.54) is 0 Å². The summed E-state index contributed by atoms with van der Waals surface area (Å²) in [5, 5.41) is 17.4. The van der Waals surface area contributed by atoms with Gasteiger partial charge in [-0.05, 0) is 17.9 Å². The Morgan fingerprint density at radius 3 is 2.21 bits per heavy atom. The predicted molar refractivity (Wildman–Crippen MR) is 79.8 cm³/mol. The Kier molecular flexibility index (Phi) is 5.15. The van der Waals surface area contributed by atoms with Crippen LogP contribution in [0, 0.1) is 15.5 Å². The minimum Gasteiger partial charge on any atom is -0.385 e. The summed E-state index contributed by atoms with van der Waals surface area (Å²) in [4.78, 5) is 10.6. The Morgan fingerprint density at radius 1 is 1.16 bits per heavy atom. The van der Waals surface area contributed by atoms with Crippen molar-refractivity contribution < 1.29 is 4.92 Å². The number of hydrogen-bond acceptors (Lipinski definition) is 4. The highest BCUT2D eigenvalue weighted by Gasteiger charge is 2.13.